The highest BCUT2D eigenvalue weighted by Gasteiger charge is 2.28. The van der Waals surface area contributed by atoms with Gasteiger partial charge in [0.25, 0.3) is 5.91 Å². The van der Waals surface area contributed by atoms with E-state index in [-0.39, 0.29) is 29.2 Å². The van der Waals surface area contributed by atoms with E-state index in [1.807, 2.05) is 0 Å². The van der Waals surface area contributed by atoms with Crippen molar-refractivity contribution in [1.82, 2.24) is 9.78 Å². The fourth-order valence-electron chi connectivity index (χ4n) is 3.57. The maximum absolute atomic E-state index is 12.8. The van der Waals surface area contributed by atoms with Crippen molar-refractivity contribution in [2.75, 3.05) is 11.9 Å². The highest BCUT2D eigenvalue weighted by atomic mass is 79.9. The second-order valence-electron chi connectivity index (χ2n) is 7.11. The van der Waals surface area contributed by atoms with Gasteiger partial charge in [0.2, 0.25) is 0 Å². The van der Waals surface area contributed by atoms with Gasteiger partial charge in [-0.05, 0) is 71.2 Å². The van der Waals surface area contributed by atoms with E-state index in [1.165, 1.54) is 28.3 Å². The average Bonchev–Trinajstić information content (AvgIpc) is 3.45. The van der Waals surface area contributed by atoms with Crippen LogP contribution in [-0.2, 0) is 24.1 Å². The summed E-state index contributed by atoms with van der Waals surface area (Å²) >= 11 is 4.49. The quantitative estimate of drug-likeness (QED) is 0.273. The Morgan fingerprint density at radius 2 is 2.16 bits per heavy atom. The van der Waals surface area contributed by atoms with Crippen LogP contribution in [0.4, 0.5) is 10.8 Å². The number of anilines is 1. The maximum atomic E-state index is 12.8. The molecule has 1 amide bonds. The number of nitrogens with one attached hydrogen (secondary N) is 1. The number of esters is 1. The molecule has 168 valence electrons. The second-order valence-corrected chi connectivity index (χ2v) is 9.07. The number of rotatable bonds is 7. The normalized spacial score (nSPS) is 12.9. The molecule has 0 radical (unpaired) electrons. The van der Waals surface area contributed by atoms with Gasteiger partial charge in [-0.3, -0.25) is 4.79 Å². The number of aromatic nitrogens is 2. The Morgan fingerprint density at radius 1 is 1.38 bits per heavy atom. The molecule has 0 spiro atoms. The number of furan rings is 1. The number of nitrogens with zero attached hydrogens (tertiary/aromatic N) is 3. The first-order valence-electron chi connectivity index (χ1n) is 9.96. The molecular formula is C20H19BrN4O6S. The van der Waals surface area contributed by atoms with E-state index in [1.54, 1.807) is 13.0 Å². The lowest BCUT2D eigenvalue weighted by Crippen LogP contribution is -2.15. The third-order valence-electron chi connectivity index (χ3n) is 4.95. The van der Waals surface area contributed by atoms with Gasteiger partial charge in [-0.2, -0.15) is 4.68 Å². The van der Waals surface area contributed by atoms with Crippen molar-refractivity contribution >= 4 is 50.0 Å². The van der Waals surface area contributed by atoms with E-state index >= 15 is 0 Å². The molecule has 0 fully saturated rings. The highest BCUT2D eigenvalue weighted by molar-refractivity contribution is 9.10. The highest BCUT2D eigenvalue weighted by Crippen LogP contribution is 2.39. The zero-order valence-corrected chi connectivity index (χ0v) is 19.5. The fourth-order valence-corrected chi connectivity index (χ4v) is 5.31. The average molecular weight is 523 g/mol. The minimum absolute atomic E-state index is 0.0573. The summed E-state index contributed by atoms with van der Waals surface area (Å²) < 4.78 is 12.4. The number of nitro groups is 1. The Labute approximate surface area is 194 Å². The van der Waals surface area contributed by atoms with Crippen molar-refractivity contribution in [3.63, 3.8) is 0 Å². The third kappa shape index (κ3) is 4.46. The van der Waals surface area contributed by atoms with Crippen LogP contribution >= 0.6 is 27.3 Å². The summed E-state index contributed by atoms with van der Waals surface area (Å²) in [7, 11) is 0. The predicted molar refractivity (Wildman–Crippen MR) is 119 cm³/mol. The molecule has 0 bridgehead atoms. The number of ether oxygens (including phenoxy) is 1. The van der Waals surface area contributed by atoms with Crippen LogP contribution in [0.25, 0.3) is 0 Å². The monoisotopic (exact) mass is 522 g/mol. The summed E-state index contributed by atoms with van der Waals surface area (Å²) in [5.41, 5.74) is 1.39. The molecule has 12 heteroatoms. The molecule has 3 aromatic rings. The SMILES string of the molecule is CCOC(=O)c1c(NC(=O)c2ccc(Cn3cc(Br)c([N+](=O)[O-])n3)o2)sc2c1CCCC2. The largest absolute Gasteiger partial charge is 0.462 e. The molecule has 0 aliphatic heterocycles. The van der Waals surface area contributed by atoms with Crippen LogP contribution in [0, 0.1) is 10.1 Å². The van der Waals surface area contributed by atoms with Gasteiger partial charge in [0.05, 0.1) is 23.5 Å². The Kier molecular flexibility index (Phi) is 6.42. The number of aryl methyl sites for hydroxylation is 1. The Hall–Kier alpha value is -2.99. The van der Waals surface area contributed by atoms with Gasteiger partial charge in [-0.15, -0.1) is 11.3 Å². The van der Waals surface area contributed by atoms with E-state index in [0.717, 1.165) is 36.1 Å². The standard InChI is InChI=1S/C20H19BrN4O6S/c1-2-30-20(27)16-12-5-3-4-6-15(12)32-19(16)22-18(26)14-8-7-11(31-14)9-24-10-13(21)17(23-24)25(28)29/h7-8,10H,2-6,9H2,1H3,(H,22,26). The number of hydrogen-bond donors (Lipinski definition) is 1. The number of halogens is 1. The number of carbonyl (C=O) groups is 2. The van der Waals surface area contributed by atoms with Gasteiger partial charge in [-0.1, -0.05) is 0 Å². The summed E-state index contributed by atoms with van der Waals surface area (Å²) in [5.74, 6) is -0.776. The molecule has 1 N–H and O–H groups in total. The van der Waals surface area contributed by atoms with E-state index in [0.29, 0.717) is 16.3 Å². The lowest BCUT2D eigenvalue weighted by Gasteiger charge is -2.12. The summed E-state index contributed by atoms with van der Waals surface area (Å²) in [5, 5.41) is 18.1. The molecule has 0 unspecified atom stereocenters. The first-order chi connectivity index (χ1) is 15.4. The molecule has 0 saturated carbocycles. The predicted octanol–water partition coefficient (Wildman–Crippen LogP) is 4.56. The molecule has 1 aliphatic carbocycles. The van der Waals surface area contributed by atoms with Gasteiger partial charge in [0.1, 0.15) is 21.8 Å². The molecule has 0 saturated heterocycles. The second kappa shape index (κ2) is 9.25. The zero-order valence-electron chi connectivity index (χ0n) is 17.1. The number of thiophene rings is 1. The lowest BCUT2D eigenvalue weighted by molar-refractivity contribution is -0.390. The molecule has 4 rings (SSSR count). The van der Waals surface area contributed by atoms with Crippen molar-refractivity contribution < 1.29 is 23.7 Å². The van der Waals surface area contributed by atoms with Gasteiger partial charge >= 0.3 is 11.8 Å². The Morgan fingerprint density at radius 3 is 2.88 bits per heavy atom. The minimum Gasteiger partial charge on any atom is -0.462 e. The summed E-state index contributed by atoms with van der Waals surface area (Å²) in [6.45, 7) is 2.10. The van der Waals surface area contributed by atoms with Crippen molar-refractivity contribution in [1.29, 1.82) is 0 Å². The Bertz CT molecular complexity index is 1200. The van der Waals surface area contributed by atoms with Gasteiger partial charge < -0.3 is 24.6 Å². The van der Waals surface area contributed by atoms with E-state index in [4.69, 9.17) is 9.15 Å². The van der Waals surface area contributed by atoms with Crippen LogP contribution < -0.4 is 5.32 Å². The molecule has 1 aliphatic rings. The van der Waals surface area contributed by atoms with E-state index in [9.17, 15) is 19.7 Å². The summed E-state index contributed by atoms with van der Waals surface area (Å²) in [4.78, 5) is 36.8. The molecule has 3 aromatic heterocycles. The van der Waals surface area contributed by atoms with Crippen molar-refractivity contribution in [3.8, 4) is 0 Å². The van der Waals surface area contributed by atoms with Crippen LogP contribution in [0.5, 0.6) is 0 Å². The molecule has 0 atom stereocenters. The summed E-state index contributed by atoms with van der Waals surface area (Å²) in [6.07, 6.45) is 5.16. The first kappa shape index (κ1) is 22.2. The molecule has 32 heavy (non-hydrogen) atoms. The van der Waals surface area contributed by atoms with Crippen molar-refractivity contribution in [2.24, 2.45) is 0 Å². The number of hydrogen-bond acceptors (Lipinski definition) is 8. The van der Waals surface area contributed by atoms with Crippen LogP contribution in [0.2, 0.25) is 0 Å². The number of fused-ring (bicyclic) bond motifs is 1. The van der Waals surface area contributed by atoms with E-state index in [2.05, 4.69) is 26.3 Å². The van der Waals surface area contributed by atoms with Crippen molar-refractivity contribution in [2.45, 2.75) is 39.2 Å². The van der Waals surface area contributed by atoms with Crippen LogP contribution in [-0.4, -0.2) is 33.2 Å². The van der Waals surface area contributed by atoms with Crippen molar-refractivity contribution in [3.05, 3.63) is 60.4 Å². The maximum Gasteiger partial charge on any atom is 0.404 e. The molecule has 3 heterocycles. The number of carbonyl (C=O) groups excluding carboxylic acids is 2. The van der Waals surface area contributed by atoms with Gasteiger partial charge in [0.15, 0.2) is 5.76 Å². The smallest absolute Gasteiger partial charge is 0.404 e. The molecule has 0 aromatic carbocycles. The minimum atomic E-state index is -0.594. The third-order valence-corrected chi connectivity index (χ3v) is 6.72. The lowest BCUT2D eigenvalue weighted by atomic mass is 9.95. The Balaban J connectivity index is 1.52. The van der Waals surface area contributed by atoms with Crippen LogP contribution in [0.15, 0.2) is 27.2 Å². The van der Waals surface area contributed by atoms with Crippen LogP contribution in [0.1, 0.15) is 56.9 Å². The van der Waals surface area contributed by atoms with Crippen LogP contribution in [0.3, 0.4) is 0 Å². The fraction of sp³-hybridized carbons (Fsp3) is 0.350. The topological polar surface area (TPSA) is 130 Å². The zero-order chi connectivity index (χ0) is 22.8. The van der Waals surface area contributed by atoms with Gasteiger partial charge in [0, 0.05) is 4.88 Å². The first-order valence-corrected chi connectivity index (χ1v) is 11.6. The molecule has 10 nitrogen and oxygen atoms in total. The van der Waals surface area contributed by atoms with E-state index < -0.39 is 16.8 Å². The molecular weight excluding hydrogens is 504 g/mol. The summed E-state index contributed by atoms with van der Waals surface area (Å²) in [6, 6.07) is 3.11. The van der Waals surface area contributed by atoms with Gasteiger partial charge in [-0.25, -0.2) is 4.79 Å². The number of amides is 1.